The lowest BCUT2D eigenvalue weighted by molar-refractivity contribution is 0.00578. The monoisotopic (exact) mass is 389 g/mol. The molecule has 0 aromatic heterocycles. The molecule has 3 aliphatic heterocycles. The van der Waals surface area contributed by atoms with Crippen molar-refractivity contribution in [3.63, 3.8) is 0 Å². The van der Waals surface area contributed by atoms with Crippen molar-refractivity contribution in [2.24, 2.45) is 0 Å². The third kappa shape index (κ3) is 3.89. The van der Waals surface area contributed by atoms with Crippen LogP contribution in [0.1, 0.15) is 64.9 Å². The van der Waals surface area contributed by atoms with E-state index >= 15 is 0 Å². The third-order valence-electron chi connectivity index (χ3n) is 7.23. The number of hydrogen-bond donors (Lipinski definition) is 0. The average molecular weight is 389 g/mol. The first-order valence-electron chi connectivity index (χ1n) is 10.7. The molecular formula is C22H33BFNO3. The van der Waals surface area contributed by atoms with Crippen LogP contribution in [0.15, 0.2) is 18.2 Å². The molecule has 154 valence electrons. The maximum Gasteiger partial charge on any atom is 0.494 e. The van der Waals surface area contributed by atoms with Crippen molar-refractivity contribution in [1.82, 2.24) is 4.90 Å². The maximum atomic E-state index is 15.0. The first-order chi connectivity index (χ1) is 13.3. The minimum absolute atomic E-state index is 0.128. The average Bonchev–Trinajstić information content (AvgIpc) is 2.90. The van der Waals surface area contributed by atoms with Gasteiger partial charge in [-0.25, -0.2) is 4.39 Å². The zero-order chi connectivity index (χ0) is 19.9. The second-order valence-electron chi connectivity index (χ2n) is 9.52. The van der Waals surface area contributed by atoms with Gasteiger partial charge in [-0.05, 0) is 89.5 Å². The van der Waals surface area contributed by atoms with E-state index in [9.17, 15) is 4.39 Å². The summed E-state index contributed by atoms with van der Waals surface area (Å²) in [7, 11) is -0.510. The Labute approximate surface area is 168 Å². The summed E-state index contributed by atoms with van der Waals surface area (Å²) in [5, 5.41) is 0. The lowest BCUT2D eigenvalue weighted by Crippen LogP contribution is -2.43. The van der Waals surface area contributed by atoms with Gasteiger partial charge in [0.1, 0.15) is 5.82 Å². The van der Waals surface area contributed by atoms with Gasteiger partial charge in [-0.2, -0.15) is 0 Å². The summed E-state index contributed by atoms with van der Waals surface area (Å²) in [4.78, 5) is 2.58. The van der Waals surface area contributed by atoms with E-state index in [0.29, 0.717) is 12.0 Å². The zero-order valence-electron chi connectivity index (χ0n) is 17.7. The van der Waals surface area contributed by atoms with Gasteiger partial charge >= 0.3 is 7.12 Å². The fraction of sp³-hybridized carbons (Fsp3) is 0.727. The molecule has 1 aromatic rings. The Kier molecular flexibility index (Phi) is 5.60. The van der Waals surface area contributed by atoms with Gasteiger partial charge in [-0.3, -0.25) is 0 Å². The topological polar surface area (TPSA) is 30.9 Å². The van der Waals surface area contributed by atoms with Gasteiger partial charge in [-0.15, -0.1) is 0 Å². The summed E-state index contributed by atoms with van der Waals surface area (Å²) in [6.45, 7) is 11.9. The van der Waals surface area contributed by atoms with Crippen molar-refractivity contribution < 1.29 is 18.4 Å². The molecule has 3 heterocycles. The van der Waals surface area contributed by atoms with E-state index in [4.69, 9.17) is 14.0 Å². The summed E-state index contributed by atoms with van der Waals surface area (Å²) in [6, 6.07) is 6.18. The van der Waals surface area contributed by atoms with Crippen LogP contribution in [0.5, 0.6) is 0 Å². The molecule has 0 aliphatic carbocycles. The molecule has 4 rings (SSSR count). The molecule has 0 amide bonds. The molecule has 0 atom stereocenters. The van der Waals surface area contributed by atoms with E-state index in [1.165, 1.54) is 0 Å². The Hall–Kier alpha value is -0.945. The molecule has 4 nitrogen and oxygen atoms in total. The van der Waals surface area contributed by atoms with Crippen molar-refractivity contribution >= 4 is 12.6 Å². The highest BCUT2D eigenvalue weighted by Gasteiger charge is 2.51. The summed E-state index contributed by atoms with van der Waals surface area (Å²) in [5.74, 6) is 0.167. The molecular weight excluding hydrogens is 356 g/mol. The van der Waals surface area contributed by atoms with Gasteiger partial charge in [0, 0.05) is 19.3 Å². The van der Waals surface area contributed by atoms with Gasteiger partial charge < -0.3 is 18.9 Å². The number of rotatable bonds is 3. The molecule has 3 aliphatic rings. The molecule has 0 saturated carbocycles. The quantitative estimate of drug-likeness (QED) is 0.741. The van der Waals surface area contributed by atoms with Crippen LogP contribution in [0, 0.1) is 5.82 Å². The van der Waals surface area contributed by atoms with E-state index in [1.807, 2.05) is 39.8 Å². The molecule has 0 unspecified atom stereocenters. The smallest absolute Gasteiger partial charge is 0.399 e. The second-order valence-corrected chi connectivity index (χ2v) is 9.52. The summed E-state index contributed by atoms with van der Waals surface area (Å²) in [5.41, 5.74) is 0.777. The van der Waals surface area contributed by atoms with Crippen LogP contribution < -0.4 is 5.46 Å². The summed E-state index contributed by atoms with van der Waals surface area (Å²) < 4.78 is 32.6. The van der Waals surface area contributed by atoms with E-state index < -0.39 is 18.3 Å². The van der Waals surface area contributed by atoms with Crippen molar-refractivity contribution in [2.75, 3.05) is 26.3 Å². The highest BCUT2D eigenvalue weighted by molar-refractivity contribution is 6.62. The largest absolute Gasteiger partial charge is 0.494 e. The van der Waals surface area contributed by atoms with Crippen LogP contribution in [-0.4, -0.2) is 55.6 Å². The number of nitrogens with zero attached hydrogens (tertiary/aromatic N) is 1. The van der Waals surface area contributed by atoms with E-state index in [2.05, 4.69) is 4.90 Å². The number of ether oxygens (including phenoxy) is 1. The van der Waals surface area contributed by atoms with Crippen LogP contribution in [0.3, 0.4) is 0 Å². The van der Waals surface area contributed by atoms with E-state index in [0.717, 1.165) is 63.0 Å². The fourth-order valence-electron chi connectivity index (χ4n) is 4.63. The van der Waals surface area contributed by atoms with Gasteiger partial charge in [0.2, 0.25) is 0 Å². The van der Waals surface area contributed by atoms with E-state index in [1.54, 1.807) is 6.07 Å². The lowest BCUT2D eigenvalue weighted by atomic mass is 9.77. The number of halogens is 1. The Morgan fingerprint density at radius 1 is 0.964 bits per heavy atom. The zero-order valence-corrected chi connectivity index (χ0v) is 17.7. The molecule has 0 N–H and O–H groups in total. The van der Waals surface area contributed by atoms with Crippen LogP contribution in [0.2, 0.25) is 0 Å². The van der Waals surface area contributed by atoms with Gasteiger partial charge in [-0.1, -0.05) is 12.1 Å². The fourth-order valence-corrected chi connectivity index (χ4v) is 4.63. The number of piperidine rings is 1. The first kappa shape index (κ1) is 20.3. The SMILES string of the molecule is CC1(C)OB(c2ccc(C3CCN(C4CCOCC4)CC3)c(F)c2)OC1(C)C. The Balaban J connectivity index is 1.40. The predicted octanol–water partition coefficient (Wildman–Crippen LogP) is 3.48. The molecule has 3 fully saturated rings. The van der Waals surface area contributed by atoms with Crippen LogP contribution in [0.4, 0.5) is 4.39 Å². The van der Waals surface area contributed by atoms with Gasteiger partial charge in [0.05, 0.1) is 11.2 Å². The third-order valence-corrected chi connectivity index (χ3v) is 7.23. The predicted molar refractivity (Wildman–Crippen MR) is 110 cm³/mol. The first-order valence-corrected chi connectivity index (χ1v) is 10.7. The van der Waals surface area contributed by atoms with Gasteiger partial charge in [0.15, 0.2) is 0 Å². The molecule has 0 radical (unpaired) electrons. The van der Waals surface area contributed by atoms with Crippen LogP contribution >= 0.6 is 0 Å². The highest BCUT2D eigenvalue weighted by Crippen LogP contribution is 2.37. The van der Waals surface area contributed by atoms with Crippen molar-refractivity contribution in [3.8, 4) is 0 Å². The van der Waals surface area contributed by atoms with Gasteiger partial charge in [0.25, 0.3) is 0 Å². The minimum Gasteiger partial charge on any atom is -0.399 e. The normalized spacial score (nSPS) is 26.7. The van der Waals surface area contributed by atoms with E-state index in [-0.39, 0.29) is 5.82 Å². The van der Waals surface area contributed by atoms with Crippen molar-refractivity contribution in [2.45, 2.75) is 76.5 Å². The molecule has 3 saturated heterocycles. The Morgan fingerprint density at radius 2 is 1.57 bits per heavy atom. The van der Waals surface area contributed by atoms with Crippen LogP contribution in [0.25, 0.3) is 0 Å². The number of hydrogen-bond acceptors (Lipinski definition) is 4. The van der Waals surface area contributed by atoms with Crippen molar-refractivity contribution in [3.05, 3.63) is 29.6 Å². The summed E-state index contributed by atoms with van der Waals surface area (Å²) >= 11 is 0. The molecule has 6 heteroatoms. The summed E-state index contributed by atoms with van der Waals surface area (Å²) in [6.07, 6.45) is 4.29. The molecule has 0 bridgehead atoms. The standard InChI is InChI=1S/C22H33BFNO3/c1-21(2)22(3,4)28-23(27-21)17-5-6-19(20(24)15-17)16-7-11-25(12-8-16)18-9-13-26-14-10-18/h5-6,15-16,18H,7-14H2,1-4H3. The number of likely N-dealkylation sites (tertiary alicyclic amines) is 1. The Bertz CT molecular complexity index is 681. The molecule has 28 heavy (non-hydrogen) atoms. The molecule has 0 spiro atoms. The second kappa shape index (κ2) is 7.71. The maximum absolute atomic E-state index is 15.0. The molecule has 1 aromatic carbocycles. The lowest BCUT2D eigenvalue weighted by Gasteiger charge is -2.39. The van der Waals surface area contributed by atoms with Crippen molar-refractivity contribution in [1.29, 1.82) is 0 Å². The number of benzene rings is 1. The van der Waals surface area contributed by atoms with Crippen LogP contribution in [-0.2, 0) is 14.0 Å². The highest BCUT2D eigenvalue weighted by atomic mass is 19.1. The Morgan fingerprint density at radius 3 is 2.14 bits per heavy atom. The minimum atomic E-state index is -0.510.